The molecule has 0 aromatic heterocycles. The molecule has 0 aliphatic heterocycles. The molecule has 1 aliphatic rings. The topological polar surface area (TPSA) is 40.5 Å². The van der Waals surface area contributed by atoms with Crippen LogP contribution in [0.4, 0.5) is 0 Å². The summed E-state index contributed by atoms with van der Waals surface area (Å²) in [6.07, 6.45) is 3.30. The first kappa shape index (κ1) is 9.75. The lowest BCUT2D eigenvalue weighted by Crippen LogP contribution is -2.29. The van der Waals surface area contributed by atoms with E-state index in [1.54, 1.807) is 19.9 Å². The van der Waals surface area contributed by atoms with E-state index in [-0.39, 0.29) is 6.10 Å². The first-order valence-electron chi connectivity index (χ1n) is 4.53. The van der Waals surface area contributed by atoms with Crippen LogP contribution in [0.1, 0.15) is 33.6 Å². The SMILES string of the molecule is C[C@H]1CCC(C(C)(C)O)=C[C@@H]1O. The van der Waals surface area contributed by atoms with E-state index in [1.165, 1.54) is 0 Å². The molecule has 0 unspecified atom stereocenters. The summed E-state index contributed by atoms with van der Waals surface area (Å²) < 4.78 is 0. The molecule has 0 spiro atoms. The molecule has 12 heavy (non-hydrogen) atoms. The van der Waals surface area contributed by atoms with Gasteiger partial charge in [0.25, 0.3) is 0 Å². The van der Waals surface area contributed by atoms with Crippen LogP contribution in [-0.4, -0.2) is 21.9 Å². The Hall–Kier alpha value is -0.340. The molecular formula is C10H18O2. The van der Waals surface area contributed by atoms with Crippen molar-refractivity contribution in [2.24, 2.45) is 5.92 Å². The molecule has 0 amide bonds. The average molecular weight is 170 g/mol. The number of aliphatic hydroxyl groups excluding tert-OH is 1. The first-order chi connectivity index (χ1) is 5.41. The van der Waals surface area contributed by atoms with Crippen molar-refractivity contribution >= 4 is 0 Å². The Morgan fingerprint density at radius 3 is 2.50 bits per heavy atom. The van der Waals surface area contributed by atoms with Crippen molar-refractivity contribution < 1.29 is 10.2 Å². The summed E-state index contributed by atoms with van der Waals surface area (Å²) in [5.74, 6) is 0.330. The lowest BCUT2D eigenvalue weighted by Gasteiger charge is -2.30. The molecule has 1 aliphatic carbocycles. The maximum atomic E-state index is 9.67. The van der Waals surface area contributed by atoms with Gasteiger partial charge in [-0.15, -0.1) is 0 Å². The van der Waals surface area contributed by atoms with E-state index in [4.69, 9.17) is 0 Å². The zero-order valence-electron chi connectivity index (χ0n) is 8.04. The molecule has 2 N–H and O–H groups in total. The number of rotatable bonds is 1. The van der Waals surface area contributed by atoms with Gasteiger partial charge in [-0.25, -0.2) is 0 Å². The van der Waals surface area contributed by atoms with E-state index in [0.717, 1.165) is 18.4 Å². The summed E-state index contributed by atoms with van der Waals surface area (Å²) in [5, 5.41) is 19.2. The Morgan fingerprint density at radius 2 is 2.08 bits per heavy atom. The molecule has 70 valence electrons. The molecule has 0 saturated heterocycles. The van der Waals surface area contributed by atoms with Gasteiger partial charge in [0.2, 0.25) is 0 Å². The predicted molar refractivity (Wildman–Crippen MR) is 48.8 cm³/mol. The fourth-order valence-electron chi connectivity index (χ4n) is 1.52. The molecule has 2 atom stereocenters. The fourth-order valence-corrected chi connectivity index (χ4v) is 1.52. The molecule has 0 saturated carbocycles. The molecule has 0 radical (unpaired) electrons. The third-order valence-corrected chi connectivity index (χ3v) is 2.61. The van der Waals surface area contributed by atoms with Crippen LogP contribution in [0.5, 0.6) is 0 Å². The average Bonchev–Trinajstić information content (AvgIpc) is 1.92. The van der Waals surface area contributed by atoms with Gasteiger partial charge in [-0.05, 0) is 38.2 Å². The zero-order valence-corrected chi connectivity index (χ0v) is 8.04. The first-order valence-corrected chi connectivity index (χ1v) is 4.53. The van der Waals surface area contributed by atoms with Crippen LogP contribution in [0, 0.1) is 5.92 Å². The summed E-state index contributed by atoms with van der Waals surface area (Å²) >= 11 is 0. The summed E-state index contributed by atoms with van der Waals surface area (Å²) in [4.78, 5) is 0. The lowest BCUT2D eigenvalue weighted by molar-refractivity contribution is 0.0945. The molecule has 0 aromatic rings. The molecule has 0 aromatic carbocycles. The van der Waals surface area contributed by atoms with Gasteiger partial charge in [0, 0.05) is 0 Å². The van der Waals surface area contributed by atoms with Crippen LogP contribution in [0.15, 0.2) is 11.6 Å². The Labute approximate surface area is 73.9 Å². The summed E-state index contributed by atoms with van der Waals surface area (Å²) in [7, 11) is 0. The van der Waals surface area contributed by atoms with Gasteiger partial charge in [-0.2, -0.15) is 0 Å². The smallest absolute Gasteiger partial charge is 0.0801 e. The molecule has 0 heterocycles. The number of aliphatic hydroxyl groups is 2. The molecule has 2 heteroatoms. The normalized spacial score (nSPS) is 31.6. The van der Waals surface area contributed by atoms with Crippen LogP contribution in [-0.2, 0) is 0 Å². The fraction of sp³-hybridized carbons (Fsp3) is 0.800. The Balaban J connectivity index is 2.75. The summed E-state index contributed by atoms with van der Waals surface area (Å²) in [6.45, 7) is 5.56. The van der Waals surface area contributed by atoms with E-state index >= 15 is 0 Å². The minimum Gasteiger partial charge on any atom is -0.389 e. The minimum atomic E-state index is -0.763. The van der Waals surface area contributed by atoms with Gasteiger partial charge in [0.1, 0.15) is 0 Å². The largest absolute Gasteiger partial charge is 0.389 e. The van der Waals surface area contributed by atoms with Crippen molar-refractivity contribution in [3.05, 3.63) is 11.6 Å². The molecule has 0 bridgehead atoms. The van der Waals surface area contributed by atoms with Crippen molar-refractivity contribution in [1.29, 1.82) is 0 Å². The second kappa shape index (κ2) is 3.19. The Bertz CT molecular complexity index is 189. The second-order valence-electron chi connectivity index (χ2n) is 4.26. The Kier molecular flexibility index (Phi) is 2.59. The van der Waals surface area contributed by atoms with Gasteiger partial charge in [0.15, 0.2) is 0 Å². The number of hydrogen-bond acceptors (Lipinski definition) is 2. The third kappa shape index (κ3) is 2.08. The van der Waals surface area contributed by atoms with Crippen LogP contribution in [0.3, 0.4) is 0 Å². The highest BCUT2D eigenvalue weighted by molar-refractivity contribution is 5.18. The highest BCUT2D eigenvalue weighted by Crippen LogP contribution is 2.29. The third-order valence-electron chi connectivity index (χ3n) is 2.61. The van der Waals surface area contributed by atoms with E-state index < -0.39 is 5.60 Å². The minimum absolute atomic E-state index is 0.330. The molecule has 1 rings (SSSR count). The monoisotopic (exact) mass is 170 g/mol. The van der Waals surface area contributed by atoms with Crippen molar-refractivity contribution in [2.45, 2.75) is 45.3 Å². The quantitative estimate of drug-likeness (QED) is 0.585. The Morgan fingerprint density at radius 1 is 1.50 bits per heavy atom. The van der Waals surface area contributed by atoms with Crippen LogP contribution < -0.4 is 0 Å². The van der Waals surface area contributed by atoms with Crippen molar-refractivity contribution in [2.75, 3.05) is 0 Å². The second-order valence-corrected chi connectivity index (χ2v) is 4.26. The van der Waals surface area contributed by atoms with E-state index in [9.17, 15) is 10.2 Å². The van der Waals surface area contributed by atoms with E-state index in [1.807, 2.05) is 6.92 Å². The van der Waals surface area contributed by atoms with E-state index in [0.29, 0.717) is 5.92 Å². The van der Waals surface area contributed by atoms with Crippen LogP contribution in [0.2, 0.25) is 0 Å². The van der Waals surface area contributed by atoms with Gasteiger partial charge in [-0.1, -0.05) is 13.0 Å². The maximum absolute atomic E-state index is 9.67. The van der Waals surface area contributed by atoms with Crippen LogP contribution in [0.25, 0.3) is 0 Å². The van der Waals surface area contributed by atoms with Crippen LogP contribution >= 0.6 is 0 Å². The summed E-state index contributed by atoms with van der Waals surface area (Å²) in [5.41, 5.74) is 0.203. The highest BCUT2D eigenvalue weighted by atomic mass is 16.3. The standard InChI is InChI=1S/C10H18O2/c1-7-4-5-8(6-9(7)11)10(2,3)12/h6-7,9,11-12H,4-5H2,1-3H3/t7-,9-/m0/s1. The van der Waals surface area contributed by atoms with Crippen molar-refractivity contribution in [3.63, 3.8) is 0 Å². The van der Waals surface area contributed by atoms with Crippen molar-refractivity contribution in [1.82, 2.24) is 0 Å². The molecule has 2 nitrogen and oxygen atoms in total. The zero-order chi connectivity index (χ0) is 9.35. The maximum Gasteiger partial charge on any atom is 0.0801 e. The molecule has 0 fully saturated rings. The van der Waals surface area contributed by atoms with Gasteiger partial charge >= 0.3 is 0 Å². The number of hydrogen-bond donors (Lipinski definition) is 2. The molecular weight excluding hydrogens is 152 g/mol. The summed E-state index contributed by atoms with van der Waals surface area (Å²) in [6, 6.07) is 0. The van der Waals surface area contributed by atoms with Gasteiger partial charge in [0.05, 0.1) is 11.7 Å². The predicted octanol–water partition coefficient (Wildman–Crippen LogP) is 1.47. The van der Waals surface area contributed by atoms with Gasteiger partial charge in [-0.3, -0.25) is 0 Å². The van der Waals surface area contributed by atoms with E-state index in [2.05, 4.69) is 0 Å². The lowest BCUT2D eigenvalue weighted by atomic mass is 9.82. The highest BCUT2D eigenvalue weighted by Gasteiger charge is 2.26. The van der Waals surface area contributed by atoms with Gasteiger partial charge < -0.3 is 10.2 Å². The van der Waals surface area contributed by atoms with Crippen molar-refractivity contribution in [3.8, 4) is 0 Å².